The first-order valence-electron chi connectivity index (χ1n) is 5.60. The van der Waals surface area contributed by atoms with Crippen molar-refractivity contribution in [2.24, 2.45) is 0 Å². The molecular weight excluding hydrogens is 268 g/mol. The normalized spacial score (nSPS) is 10.3. The van der Waals surface area contributed by atoms with Crippen LogP contribution in [0.4, 0.5) is 0 Å². The topological polar surface area (TPSA) is 42.0 Å². The van der Waals surface area contributed by atoms with Crippen molar-refractivity contribution in [3.05, 3.63) is 51.5 Å². The van der Waals surface area contributed by atoms with Crippen LogP contribution in [0.5, 0.6) is 0 Å². The number of halogens is 1. The number of carbonyl (C=O) groups is 1. The van der Waals surface area contributed by atoms with Gasteiger partial charge < -0.3 is 5.32 Å². The van der Waals surface area contributed by atoms with E-state index in [1.54, 1.807) is 5.38 Å². The Hall–Kier alpha value is -1.39. The van der Waals surface area contributed by atoms with Crippen molar-refractivity contribution in [1.29, 1.82) is 0 Å². The van der Waals surface area contributed by atoms with Crippen molar-refractivity contribution in [2.75, 3.05) is 6.54 Å². The number of carbonyl (C=O) groups excluding carboxylic acids is 1. The van der Waals surface area contributed by atoms with Crippen molar-refractivity contribution < 1.29 is 4.79 Å². The molecule has 1 aromatic heterocycles. The predicted molar refractivity (Wildman–Crippen MR) is 74.3 cm³/mol. The highest BCUT2D eigenvalue weighted by atomic mass is 35.5. The lowest BCUT2D eigenvalue weighted by Gasteiger charge is -2.04. The second kappa shape index (κ2) is 5.98. The molecule has 0 radical (unpaired) electrons. The molecule has 2 rings (SSSR count). The lowest BCUT2D eigenvalue weighted by Crippen LogP contribution is -2.25. The zero-order valence-corrected chi connectivity index (χ0v) is 11.5. The Morgan fingerprint density at radius 1 is 1.39 bits per heavy atom. The summed E-state index contributed by atoms with van der Waals surface area (Å²) in [4.78, 5) is 11.8. The highest BCUT2D eigenvalue weighted by molar-refractivity contribution is 7.03. The van der Waals surface area contributed by atoms with Crippen LogP contribution in [-0.2, 0) is 6.42 Å². The third-order valence-corrected chi connectivity index (χ3v) is 3.58. The molecule has 1 aromatic carbocycles. The number of aromatic nitrogens is 1. The van der Waals surface area contributed by atoms with Crippen LogP contribution in [0.2, 0.25) is 5.02 Å². The number of amides is 1. The summed E-state index contributed by atoms with van der Waals surface area (Å²) >= 11 is 7.11. The van der Waals surface area contributed by atoms with Gasteiger partial charge in [-0.2, -0.15) is 4.37 Å². The molecule has 18 heavy (non-hydrogen) atoms. The summed E-state index contributed by atoms with van der Waals surface area (Å²) in [6.45, 7) is 2.44. The number of hydrogen-bond acceptors (Lipinski definition) is 3. The number of aryl methyl sites for hydroxylation is 1. The molecule has 0 atom stereocenters. The Morgan fingerprint density at radius 3 is 2.72 bits per heavy atom. The van der Waals surface area contributed by atoms with Crippen molar-refractivity contribution in [1.82, 2.24) is 9.69 Å². The first-order valence-corrected chi connectivity index (χ1v) is 6.82. The highest BCUT2D eigenvalue weighted by Gasteiger charge is 2.09. The van der Waals surface area contributed by atoms with Crippen molar-refractivity contribution >= 4 is 29.0 Å². The summed E-state index contributed by atoms with van der Waals surface area (Å²) in [7, 11) is 0. The van der Waals surface area contributed by atoms with Crippen LogP contribution in [0.15, 0.2) is 29.6 Å². The minimum Gasteiger partial charge on any atom is -0.352 e. The summed E-state index contributed by atoms with van der Waals surface area (Å²) < 4.78 is 4.08. The lowest BCUT2D eigenvalue weighted by atomic mass is 10.1. The second-order valence-corrected chi connectivity index (χ2v) is 5.01. The van der Waals surface area contributed by atoms with E-state index in [9.17, 15) is 4.79 Å². The van der Waals surface area contributed by atoms with Gasteiger partial charge in [-0.05, 0) is 42.6 Å². The number of nitrogens with zero attached hydrogens (tertiary/aromatic N) is 1. The molecule has 0 bridgehead atoms. The summed E-state index contributed by atoms with van der Waals surface area (Å²) in [5, 5.41) is 5.38. The molecule has 1 heterocycles. The SMILES string of the molecule is Cc1nscc1C(=O)NCCc1ccc(Cl)cc1. The number of rotatable bonds is 4. The zero-order chi connectivity index (χ0) is 13.0. The average Bonchev–Trinajstić information content (AvgIpc) is 2.78. The maximum atomic E-state index is 11.8. The molecule has 0 aliphatic heterocycles. The van der Waals surface area contributed by atoms with Gasteiger partial charge >= 0.3 is 0 Å². The van der Waals surface area contributed by atoms with E-state index in [1.807, 2.05) is 31.2 Å². The van der Waals surface area contributed by atoms with E-state index < -0.39 is 0 Å². The Labute approximate surface area is 115 Å². The lowest BCUT2D eigenvalue weighted by molar-refractivity contribution is 0.0954. The van der Waals surface area contributed by atoms with E-state index in [0.717, 1.165) is 22.7 Å². The van der Waals surface area contributed by atoms with Crippen LogP contribution < -0.4 is 5.32 Å². The van der Waals surface area contributed by atoms with Crippen LogP contribution >= 0.6 is 23.1 Å². The largest absolute Gasteiger partial charge is 0.352 e. The van der Waals surface area contributed by atoms with E-state index in [0.29, 0.717) is 12.1 Å². The van der Waals surface area contributed by atoms with Gasteiger partial charge in [0.25, 0.3) is 5.91 Å². The van der Waals surface area contributed by atoms with Gasteiger partial charge in [0.2, 0.25) is 0 Å². The third kappa shape index (κ3) is 3.31. The Morgan fingerprint density at radius 2 is 2.11 bits per heavy atom. The maximum absolute atomic E-state index is 11.8. The first-order chi connectivity index (χ1) is 8.66. The summed E-state index contributed by atoms with van der Waals surface area (Å²) in [6.07, 6.45) is 0.791. The molecule has 0 fully saturated rings. The van der Waals surface area contributed by atoms with Crippen molar-refractivity contribution in [2.45, 2.75) is 13.3 Å². The fraction of sp³-hybridized carbons (Fsp3) is 0.231. The van der Waals surface area contributed by atoms with Gasteiger partial charge in [-0.25, -0.2) is 0 Å². The molecule has 94 valence electrons. The van der Waals surface area contributed by atoms with Gasteiger partial charge in [-0.15, -0.1) is 0 Å². The van der Waals surface area contributed by atoms with Gasteiger partial charge in [-0.1, -0.05) is 23.7 Å². The molecule has 2 aromatic rings. The monoisotopic (exact) mass is 280 g/mol. The highest BCUT2D eigenvalue weighted by Crippen LogP contribution is 2.10. The standard InChI is InChI=1S/C13H13ClN2OS/c1-9-12(8-18-16-9)13(17)15-7-6-10-2-4-11(14)5-3-10/h2-5,8H,6-7H2,1H3,(H,15,17). The molecule has 0 spiro atoms. The molecule has 3 nitrogen and oxygen atoms in total. The predicted octanol–water partition coefficient (Wildman–Crippen LogP) is 3.08. The summed E-state index contributed by atoms with van der Waals surface area (Å²) in [5.41, 5.74) is 2.60. The van der Waals surface area contributed by atoms with Gasteiger partial charge in [0, 0.05) is 16.9 Å². The van der Waals surface area contributed by atoms with Crippen LogP contribution in [0, 0.1) is 6.92 Å². The summed E-state index contributed by atoms with van der Waals surface area (Å²) in [6, 6.07) is 7.63. The molecule has 0 aliphatic rings. The van der Waals surface area contributed by atoms with E-state index in [2.05, 4.69) is 9.69 Å². The third-order valence-electron chi connectivity index (χ3n) is 2.61. The minimum absolute atomic E-state index is 0.0600. The van der Waals surface area contributed by atoms with Crippen LogP contribution in [0.25, 0.3) is 0 Å². The van der Waals surface area contributed by atoms with Gasteiger partial charge in [0.05, 0.1) is 11.3 Å². The number of hydrogen-bond donors (Lipinski definition) is 1. The van der Waals surface area contributed by atoms with Gasteiger partial charge in [0.1, 0.15) is 0 Å². The fourth-order valence-corrected chi connectivity index (χ4v) is 2.40. The molecule has 0 saturated heterocycles. The van der Waals surface area contributed by atoms with Gasteiger partial charge in [-0.3, -0.25) is 4.79 Å². The molecule has 1 N–H and O–H groups in total. The first kappa shape index (κ1) is 13.1. The zero-order valence-electron chi connectivity index (χ0n) is 9.94. The molecule has 1 amide bonds. The smallest absolute Gasteiger partial charge is 0.254 e. The van der Waals surface area contributed by atoms with E-state index in [-0.39, 0.29) is 5.91 Å². The Bertz CT molecular complexity index is 536. The van der Waals surface area contributed by atoms with E-state index in [4.69, 9.17) is 11.6 Å². The molecule has 0 unspecified atom stereocenters. The van der Waals surface area contributed by atoms with Crippen LogP contribution in [0.3, 0.4) is 0 Å². The van der Waals surface area contributed by atoms with Crippen LogP contribution in [0.1, 0.15) is 21.6 Å². The fourth-order valence-electron chi connectivity index (χ4n) is 1.58. The van der Waals surface area contributed by atoms with Crippen molar-refractivity contribution in [3.63, 3.8) is 0 Å². The quantitative estimate of drug-likeness (QED) is 0.935. The second-order valence-electron chi connectivity index (χ2n) is 3.95. The van der Waals surface area contributed by atoms with Crippen LogP contribution in [-0.4, -0.2) is 16.8 Å². The van der Waals surface area contributed by atoms with Crippen molar-refractivity contribution in [3.8, 4) is 0 Å². The Balaban J connectivity index is 1.84. The molecule has 0 aliphatic carbocycles. The van der Waals surface area contributed by atoms with E-state index >= 15 is 0 Å². The molecular formula is C13H13ClN2OS. The number of benzene rings is 1. The van der Waals surface area contributed by atoms with E-state index in [1.165, 1.54) is 11.5 Å². The minimum atomic E-state index is -0.0600. The van der Waals surface area contributed by atoms with Gasteiger partial charge in [0.15, 0.2) is 0 Å². The maximum Gasteiger partial charge on any atom is 0.254 e. The number of nitrogens with one attached hydrogen (secondary N) is 1. The molecule has 0 saturated carbocycles. The Kier molecular flexibility index (Phi) is 4.33. The summed E-state index contributed by atoms with van der Waals surface area (Å²) in [5.74, 6) is -0.0600. The molecule has 5 heteroatoms. The average molecular weight is 281 g/mol.